The Bertz CT molecular complexity index is 724. The minimum absolute atomic E-state index is 0.176. The van der Waals surface area contributed by atoms with Gasteiger partial charge in [-0.15, -0.1) is 0 Å². The Labute approximate surface area is 187 Å². The summed E-state index contributed by atoms with van der Waals surface area (Å²) < 4.78 is 12.5. The molecule has 0 spiro atoms. The lowest BCUT2D eigenvalue weighted by Gasteiger charge is -2.26. The van der Waals surface area contributed by atoms with E-state index in [1.165, 1.54) is 38.9 Å². The number of carbonyl (C=O) groups excluding carboxylic acids is 2. The number of hydrogen-bond donors (Lipinski definition) is 0. The Morgan fingerprint density at radius 2 is 1.94 bits per heavy atom. The SMILES string of the molecule is COC(=O)C(CCCC/C=C/C(=O)OC(C)(C)C)Cc1cn(C2CCC(C)CC2)cn1. The van der Waals surface area contributed by atoms with Crippen LogP contribution in [-0.2, 0) is 25.5 Å². The molecular weight excluding hydrogens is 392 g/mol. The summed E-state index contributed by atoms with van der Waals surface area (Å²) in [6, 6.07) is 0.533. The second kappa shape index (κ2) is 12.1. The van der Waals surface area contributed by atoms with E-state index >= 15 is 0 Å². The van der Waals surface area contributed by atoms with Crippen LogP contribution in [0, 0.1) is 11.8 Å². The summed E-state index contributed by atoms with van der Waals surface area (Å²) in [6.45, 7) is 7.88. The quantitative estimate of drug-likeness (QED) is 0.280. The summed E-state index contributed by atoms with van der Waals surface area (Å²) in [5.41, 5.74) is 0.483. The van der Waals surface area contributed by atoms with Crippen molar-refractivity contribution in [1.82, 2.24) is 9.55 Å². The largest absolute Gasteiger partial charge is 0.469 e. The van der Waals surface area contributed by atoms with Crippen LogP contribution in [0.15, 0.2) is 24.7 Å². The molecule has 1 heterocycles. The number of imidazole rings is 1. The highest BCUT2D eigenvalue weighted by Crippen LogP contribution is 2.32. The van der Waals surface area contributed by atoms with Gasteiger partial charge in [-0.3, -0.25) is 4.79 Å². The molecule has 1 unspecified atom stereocenters. The predicted molar refractivity (Wildman–Crippen MR) is 122 cm³/mol. The molecule has 0 aromatic carbocycles. The van der Waals surface area contributed by atoms with Gasteiger partial charge in [0.2, 0.25) is 0 Å². The van der Waals surface area contributed by atoms with E-state index in [1.807, 2.05) is 33.2 Å². The van der Waals surface area contributed by atoms with E-state index in [0.29, 0.717) is 12.5 Å². The van der Waals surface area contributed by atoms with Gasteiger partial charge < -0.3 is 14.0 Å². The zero-order valence-electron chi connectivity index (χ0n) is 19.9. The number of esters is 2. The first-order chi connectivity index (χ1) is 14.7. The highest BCUT2D eigenvalue weighted by atomic mass is 16.6. The highest BCUT2D eigenvalue weighted by Gasteiger charge is 2.23. The Morgan fingerprint density at radius 1 is 1.23 bits per heavy atom. The standard InChI is InChI=1S/C25H40N2O4/c1-19-12-14-22(15-13-19)27-17-21(26-18-27)16-20(24(29)30-5)10-8-6-7-9-11-23(28)31-25(2,3)4/h9,11,17-20,22H,6-8,10,12-16H2,1-5H3/b11-9+. The monoisotopic (exact) mass is 432 g/mol. The van der Waals surface area contributed by atoms with Crippen LogP contribution in [-0.4, -0.2) is 34.2 Å². The molecule has 1 fully saturated rings. The zero-order valence-corrected chi connectivity index (χ0v) is 19.9. The summed E-state index contributed by atoms with van der Waals surface area (Å²) in [6.07, 6.45) is 16.2. The van der Waals surface area contributed by atoms with Crippen LogP contribution in [0.5, 0.6) is 0 Å². The van der Waals surface area contributed by atoms with Gasteiger partial charge in [-0.2, -0.15) is 0 Å². The topological polar surface area (TPSA) is 70.4 Å². The molecule has 6 nitrogen and oxygen atoms in total. The first-order valence-corrected chi connectivity index (χ1v) is 11.7. The molecular formula is C25H40N2O4. The van der Waals surface area contributed by atoms with Crippen molar-refractivity contribution >= 4 is 11.9 Å². The minimum atomic E-state index is -0.475. The Balaban J connectivity index is 1.78. The molecule has 31 heavy (non-hydrogen) atoms. The van der Waals surface area contributed by atoms with Crippen LogP contribution in [0.4, 0.5) is 0 Å². The van der Waals surface area contributed by atoms with E-state index in [0.717, 1.165) is 37.3 Å². The minimum Gasteiger partial charge on any atom is -0.469 e. The second-order valence-corrected chi connectivity index (χ2v) is 9.87. The van der Waals surface area contributed by atoms with E-state index < -0.39 is 5.60 Å². The maximum absolute atomic E-state index is 12.3. The van der Waals surface area contributed by atoms with E-state index in [-0.39, 0.29) is 17.9 Å². The van der Waals surface area contributed by atoms with Gasteiger partial charge in [0.15, 0.2) is 0 Å². The van der Waals surface area contributed by atoms with Gasteiger partial charge in [0.1, 0.15) is 5.60 Å². The molecule has 0 saturated heterocycles. The summed E-state index contributed by atoms with van der Waals surface area (Å²) in [4.78, 5) is 28.5. The maximum Gasteiger partial charge on any atom is 0.330 e. The summed E-state index contributed by atoms with van der Waals surface area (Å²) in [7, 11) is 1.45. The van der Waals surface area contributed by atoms with Crippen molar-refractivity contribution < 1.29 is 19.1 Å². The lowest BCUT2D eigenvalue weighted by atomic mass is 9.87. The lowest BCUT2D eigenvalue weighted by molar-refractivity contribution is -0.148. The van der Waals surface area contributed by atoms with E-state index in [9.17, 15) is 9.59 Å². The fourth-order valence-electron chi connectivity index (χ4n) is 4.12. The van der Waals surface area contributed by atoms with Crippen molar-refractivity contribution in [2.75, 3.05) is 7.11 Å². The van der Waals surface area contributed by atoms with Crippen LogP contribution in [0.3, 0.4) is 0 Å². The molecule has 174 valence electrons. The van der Waals surface area contributed by atoms with Crippen LogP contribution >= 0.6 is 0 Å². The van der Waals surface area contributed by atoms with Crippen LogP contribution in [0.25, 0.3) is 0 Å². The van der Waals surface area contributed by atoms with Gasteiger partial charge in [0, 0.05) is 24.7 Å². The molecule has 0 radical (unpaired) electrons. The number of nitrogens with zero attached hydrogens (tertiary/aromatic N) is 2. The fraction of sp³-hybridized carbons (Fsp3) is 0.720. The van der Waals surface area contributed by atoms with Gasteiger partial charge in [-0.25, -0.2) is 9.78 Å². The van der Waals surface area contributed by atoms with Crippen molar-refractivity contribution in [1.29, 1.82) is 0 Å². The molecule has 6 heteroatoms. The maximum atomic E-state index is 12.3. The van der Waals surface area contributed by atoms with Crippen LogP contribution < -0.4 is 0 Å². The third kappa shape index (κ3) is 9.28. The van der Waals surface area contributed by atoms with Crippen molar-refractivity contribution in [3.63, 3.8) is 0 Å². The number of aromatic nitrogens is 2. The number of ether oxygens (including phenoxy) is 2. The third-order valence-electron chi connectivity index (χ3n) is 5.89. The number of hydrogen-bond acceptors (Lipinski definition) is 5. The van der Waals surface area contributed by atoms with E-state index in [4.69, 9.17) is 9.47 Å². The molecule has 2 rings (SSSR count). The Hall–Kier alpha value is -2.11. The molecule has 1 aromatic heterocycles. The normalized spacial score (nSPS) is 20.5. The molecule has 0 amide bonds. The first kappa shape index (κ1) is 25.2. The molecule has 1 aromatic rings. The average molecular weight is 433 g/mol. The molecule has 0 aliphatic heterocycles. The highest BCUT2D eigenvalue weighted by molar-refractivity contribution is 5.82. The van der Waals surface area contributed by atoms with Crippen LogP contribution in [0.2, 0.25) is 0 Å². The fourth-order valence-corrected chi connectivity index (χ4v) is 4.12. The number of carbonyl (C=O) groups is 2. The Kier molecular flexibility index (Phi) is 9.79. The predicted octanol–water partition coefficient (Wildman–Crippen LogP) is 5.42. The number of rotatable bonds is 10. The van der Waals surface area contributed by atoms with Gasteiger partial charge in [-0.1, -0.05) is 19.4 Å². The number of methoxy groups -OCH3 is 1. The second-order valence-electron chi connectivity index (χ2n) is 9.87. The van der Waals surface area contributed by atoms with Crippen LogP contribution in [0.1, 0.15) is 90.8 Å². The average Bonchev–Trinajstić information content (AvgIpc) is 3.16. The molecule has 1 saturated carbocycles. The Morgan fingerprint density at radius 3 is 2.58 bits per heavy atom. The molecule has 1 aliphatic carbocycles. The first-order valence-electron chi connectivity index (χ1n) is 11.7. The van der Waals surface area contributed by atoms with E-state index in [1.54, 1.807) is 0 Å². The molecule has 1 atom stereocenters. The smallest absolute Gasteiger partial charge is 0.330 e. The number of unbranched alkanes of at least 4 members (excludes halogenated alkanes) is 2. The zero-order chi connectivity index (χ0) is 22.9. The molecule has 0 N–H and O–H groups in total. The molecule has 0 bridgehead atoms. The van der Waals surface area contributed by atoms with Crippen molar-refractivity contribution in [2.24, 2.45) is 11.8 Å². The molecule has 1 aliphatic rings. The van der Waals surface area contributed by atoms with Crippen molar-refractivity contribution in [3.8, 4) is 0 Å². The van der Waals surface area contributed by atoms with Crippen molar-refractivity contribution in [2.45, 2.75) is 97.1 Å². The van der Waals surface area contributed by atoms with E-state index in [2.05, 4.69) is 22.7 Å². The summed E-state index contributed by atoms with van der Waals surface area (Å²) in [5, 5.41) is 0. The lowest BCUT2D eigenvalue weighted by Crippen LogP contribution is -2.22. The summed E-state index contributed by atoms with van der Waals surface area (Å²) in [5.74, 6) is 0.143. The third-order valence-corrected chi connectivity index (χ3v) is 5.89. The summed E-state index contributed by atoms with van der Waals surface area (Å²) >= 11 is 0. The van der Waals surface area contributed by atoms with Crippen molar-refractivity contribution in [3.05, 3.63) is 30.4 Å². The van der Waals surface area contributed by atoms with Gasteiger partial charge in [0.25, 0.3) is 0 Å². The van der Waals surface area contributed by atoms with Gasteiger partial charge in [0.05, 0.1) is 25.0 Å². The number of allylic oxidation sites excluding steroid dienone is 1. The van der Waals surface area contributed by atoms with Gasteiger partial charge >= 0.3 is 11.9 Å². The van der Waals surface area contributed by atoms with Gasteiger partial charge in [-0.05, 0) is 71.6 Å².